The Morgan fingerprint density at radius 2 is 2.67 bits per heavy atom. The van der Waals surface area contributed by atoms with Crippen molar-refractivity contribution in [3.63, 3.8) is 0 Å². The predicted octanol–water partition coefficient (Wildman–Crippen LogP) is 1.82. The third kappa shape index (κ3) is 2.66. The molecule has 0 saturated carbocycles. The molecule has 1 rings (SSSR count). The topological polar surface area (TPSA) is 41.8 Å². The van der Waals surface area contributed by atoms with E-state index in [0.29, 0.717) is 5.92 Å². The van der Waals surface area contributed by atoms with Crippen molar-refractivity contribution in [1.29, 1.82) is 0 Å². The Balaban J connectivity index is 2.36. The maximum absolute atomic E-state index is 8.29. The molecule has 0 heterocycles. The molecule has 0 aromatic rings. The maximum Gasteiger partial charge on any atom is 0.0690 e. The molecule has 0 saturated heterocycles. The van der Waals surface area contributed by atoms with Gasteiger partial charge in [0.05, 0.1) is 6.21 Å². The van der Waals surface area contributed by atoms with Crippen LogP contribution in [-0.2, 0) is 4.74 Å². The van der Waals surface area contributed by atoms with Gasteiger partial charge in [-0.3, -0.25) is 0 Å². The van der Waals surface area contributed by atoms with Crippen LogP contribution in [0.4, 0.5) is 0 Å². The fourth-order valence-electron chi connectivity index (χ4n) is 1.49. The van der Waals surface area contributed by atoms with E-state index in [0.717, 1.165) is 31.4 Å². The van der Waals surface area contributed by atoms with Gasteiger partial charge in [0.25, 0.3) is 0 Å². The summed E-state index contributed by atoms with van der Waals surface area (Å²) in [5, 5.41) is 11.3. The van der Waals surface area contributed by atoms with Gasteiger partial charge < -0.3 is 9.94 Å². The molecular weight excluding hydrogens is 154 g/mol. The molecule has 1 atom stereocenters. The molecule has 0 spiro atoms. The van der Waals surface area contributed by atoms with Gasteiger partial charge in [-0.15, -0.1) is 0 Å². The van der Waals surface area contributed by atoms with Gasteiger partial charge in [-0.25, -0.2) is 0 Å². The van der Waals surface area contributed by atoms with E-state index in [9.17, 15) is 0 Å². The van der Waals surface area contributed by atoms with Gasteiger partial charge in [0.1, 0.15) is 0 Å². The zero-order valence-electron chi connectivity index (χ0n) is 7.36. The van der Waals surface area contributed by atoms with Crippen LogP contribution in [0.25, 0.3) is 0 Å². The molecule has 0 fully saturated rings. The Morgan fingerprint density at radius 1 is 1.83 bits per heavy atom. The van der Waals surface area contributed by atoms with Gasteiger partial charge in [0, 0.05) is 13.7 Å². The van der Waals surface area contributed by atoms with Gasteiger partial charge in [0.15, 0.2) is 0 Å². The molecule has 0 aromatic carbocycles. The van der Waals surface area contributed by atoms with E-state index in [2.05, 4.69) is 11.2 Å². The number of oxime groups is 1. The maximum atomic E-state index is 8.29. The van der Waals surface area contributed by atoms with E-state index in [-0.39, 0.29) is 0 Å². The summed E-state index contributed by atoms with van der Waals surface area (Å²) in [5.74, 6) is 0.644. The van der Waals surface area contributed by atoms with E-state index in [4.69, 9.17) is 9.94 Å². The molecule has 0 radical (unpaired) electrons. The highest BCUT2D eigenvalue weighted by atomic mass is 16.5. The Bertz CT molecular complexity index is 187. The normalized spacial score (nSPS) is 24.4. The van der Waals surface area contributed by atoms with Crippen LogP contribution < -0.4 is 0 Å². The van der Waals surface area contributed by atoms with Gasteiger partial charge in [-0.05, 0) is 30.8 Å². The molecular formula is C9H15NO2. The lowest BCUT2D eigenvalue weighted by molar-refractivity contribution is 0.147. The van der Waals surface area contributed by atoms with E-state index < -0.39 is 0 Å². The Labute approximate surface area is 72.7 Å². The van der Waals surface area contributed by atoms with Crippen LogP contribution in [0.5, 0.6) is 0 Å². The zero-order valence-corrected chi connectivity index (χ0v) is 7.36. The van der Waals surface area contributed by atoms with Crippen molar-refractivity contribution in [1.82, 2.24) is 0 Å². The highest BCUT2D eigenvalue weighted by Gasteiger charge is 2.12. The van der Waals surface area contributed by atoms with Gasteiger partial charge in [-0.2, -0.15) is 0 Å². The second-order valence-corrected chi connectivity index (χ2v) is 3.12. The Morgan fingerprint density at radius 3 is 3.17 bits per heavy atom. The summed E-state index contributed by atoms with van der Waals surface area (Å²) >= 11 is 0. The average molecular weight is 169 g/mol. The van der Waals surface area contributed by atoms with Crippen LogP contribution in [0.2, 0.25) is 0 Å². The summed E-state index contributed by atoms with van der Waals surface area (Å²) in [6.45, 7) is 0.833. The lowest BCUT2D eigenvalue weighted by atomic mass is 9.91. The lowest BCUT2D eigenvalue weighted by Gasteiger charge is -2.18. The van der Waals surface area contributed by atoms with Crippen LogP contribution in [0.1, 0.15) is 19.3 Å². The van der Waals surface area contributed by atoms with Crippen molar-refractivity contribution >= 4 is 6.21 Å². The number of rotatable bonds is 3. The highest BCUT2D eigenvalue weighted by molar-refractivity contribution is 5.78. The van der Waals surface area contributed by atoms with Crippen molar-refractivity contribution in [3.05, 3.63) is 11.6 Å². The van der Waals surface area contributed by atoms with Crippen LogP contribution in [0, 0.1) is 5.92 Å². The molecule has 0 aromatic heterocycles. The van der Waals surface area contributed by atoms with Crippen LogP contribution in [0.15, 0.2) is 16.8 Å². The number of hydrogen-bond acceptors (Lipinski definition) is 3. The summed E-state index contributed by atoms with van der Waals surface area (Å²) in [4.78, 5) is 0. The van der Waals surface area contributed by atoms with E-state index in [1.165, 1.54) is 6.21 Å². The van der Waals surface area contributed by atoms with Gasteiger partial charge >= 0.3 is 0 Å². The molecule has 1 aliphatic rings. The summed E-state index contributed by atoms with van der Waals surface area (Å²) < 4.78 is 5.06. The largest absolute Gasteiger partial charge is 0.411 e. The number of nitrogens with zero attached hydrogens (tertiary/aromatic N) is 1. The summed E-state index contributed by atoms with van der Waals surface area (Å²) in [6, 6.07) is 0. The zero-order chi connectivity index (χ0) is 8.81. The SMILES string of the molecule is COCC1CC=C(/C=N/O)CC1. The molecule has 3 heteroatoms. The second-order valence-electron chi connectivity index (χ2n) is 3.12. The minimum absolute atomic E-state index is 0.644. The van der Waals surface area contributed by atoms with Crippen molar-refractivity contribution in [2.45, 2.75) is 19.3 Å². The van der Waals surface area contributed by atoms with Crippen molar-refractivity contribution < 1.29 is 9.94 Å². The van der Waals surface area contributed by atoms with Gasteiger partial charge in [0.2, 0.25) is 0 Å². The monoisotopic (exact) mass is 169 g/mol. The first-order valence-corrected chi connectivity index (χ1v) is 4.22. The molecule has 68 valence electrons. The summed E-state index contributed by atoms with van der Waals surface area (Å²) in [5.41, 5.74) is 1.13. The minimum atomic E-state index is 0.644. The first-order chi connectivity index (χ1) is 5.86. The first-order valence-electron chi connectivity index (χ1n) is 4.22. The molecule has 0 bridgehead atoms. The van der Waals surface area contributed by atoms with Crippen LogP contribution in [-0.4, -0.2) is 25.1 Å². The Kier molecular flexibility index (Phi) is 3.80. The van der Waals surface area contributed by atoms with Crippen LogP contribution >= 0.6 is 0 Å². The fourth-order valence-corrected chi connectivity index (χ4v) is 1.49. The number of ether oxygens (including phenoxy) is 1. The van der Waals surface area contributed by atoms with Gasteiger partial charge in [-0.1, -0.05) is 11.2 Å². The van der Waals surface area contributed by atoms with Crippen molar-refractivity contribution in [2.24, 2.45) is 11.1 Å². The summed E-state index contributed by atoms with van der Waals surface area (Å²) in [7, 11) is 1.73. The van der Waals surface area contributed by atoms with Crippen molar-refractivity contribution in [3.8, 4) is 0 Å². The molecule has 0 aliphatic heterocycles. The standard InChI is InChI=1S/C9H15NO2/c1-12-7-9-4-2-8(3-5-9)6-10-11/h2,6,9,11H,3-5,7H2,1H3/b10-6+. The number of methoxy groups -OCH3 is 1. The third-order valence-electron chi connectivity index (χ3n) is 2.18. The summed E-state index contributed by atoms with van der Waals surface area (Å²) in [6.07, 6.45) is 6.80. The minimum Gasteiger partial charge on any atom is -0.411 e. The number of hydrogen-bond donors (Lipinski definition) is 1. The van der Waals surface area contributed by atoms with E-state index >= 15 is 0 Å². The van der Waals surface area contributed by atoms with E-state index in [1.807, 2.05) is 0 Å². The second kappa shape index (κ2) is 4.93. The molecule has 1 unspecified atom stereocenters. The van der Waals surface area contributed by atoms with Crippen molar-refractivity contribution in [2.75, 3.05) is 13.7 Å². The lowest BCUT2D eigenvalue weighted by Crippen LogP contribution is -2.11. The quantitative estimate of drug-likeness (QED) is 0.398. The van der Waals surface area contributed by atoms with E-state index in [1.54, 1.807) is 7.11 Å². The predicted molar refractivity (Wildman–Crippen MR) is 47.6 cm³/mol. The molecule has 1 N–H and O–H groups in total. The highest BCUT2D eigenvalue weighted by Crippen LogP contribution is 2.22. The molecule has 12 heavy (non-hydrogen) atoms. The third-order valence-corrected chi connectivity index (χ3v) is 2.18. The fraction of sp³-hybridized carbons (Fsp3) is 0.667. The molecule has 3 nitrogen and oxygen atoms in total. The number of allylic oxidation sites excluding steroid dienone is 2. The molecule has 0 amide bonds. The molecule has 1 aliphatic carbocycles. The smallest absolute Gasteiger partial charge is 0.0690 e. The Hall–Kier alpha value is -0.830. The van der Waals surface area contributed by atoms with Crippen LogP contribution in [0.3, 0.4) is 0 Å². The first kappa shape index (κ1) is 9.26. The average Bonchev–Trinajstić information content (AvgIpc) is 2.09.